The Morgan fingerprint density at radius 1 is 1.12 bits per heavy atom. The summed E-state index contributed by atoms with van der Waals surface area (Å²) in [6.45, 7) is 1.92. The first-order chi connectivity index (χ1) is 15.5. The van der Waals surface area contributed by atoms with Crippen LogP contribution in [-0.2, 0) is 11.2 Å². The van der Waals surface area contributed by atoms with Crippen molar-refractivity contribution in [3.63, 3.8) is 0 Å². The van der Waals surface area contributed by atoms with E-state index < -0.39 is 5.97 Å². The molecule has 0 heterocycles. The summed E-state index contributed by atoms with van der Waals surface area (Å²) in [6.07, 6.45) is 1.66. The maximum atomic E-state index is 14.9. The van der Waals surface area contributed by atoms with Crippen LogP contribution in [-0.4, -0.2) is 11.1 Å². The van der Waals surface area contributed by atoms with Gasteiger partial charge in [-0.2, -0.15) is 5.26 Å². The Hall–Kier alpha value is -3.65. The Balaban J connectivity index is 1.42. The fraction of sp³-hybridized carbons (Fsp3) is 0.259. The topological polar surface area (TPSA) is 70.3 Å². The number of hydrogen-bond donors (Lipinski definition) is 1. The SMILES string of the molecule is Cc1c(C#N)cccc1-c1ccc(F)c2c1CCC2Oc1ccc([C@H]2C[C@@H]2C(=O)O)cc1. The first-order valence-corrected chi connectivity index (χ1v) is 10.8. The van der Waals surface area contributed by atoms with Gasteiger partial charge in [-0.1, -0.05) is 30.3 Å². The molecule has 5 rings (SSSR count). The predicted octanol–water partition coefficient (Wildman–Crippen LogP) is 5.93. The lowest BCUT2D eigenvalue weighted by atomic mass is 9.91. The van der Waals surface area contributed by atoms with Crippen molar-refractivity contribution in [2.45, 2.75) is 38.2 Å². The van der Waals surface area contributed by atoms with Crippen molar-refractivity contribution < 1.29 is 19.0 Å². The first-order valence-electron chi connectivity index (χ1n) is 10.8. The molecule has 1 unspecified atom stereocenters. The molecule has 0 spiro atoms. The third-order valence-corrected chi connectivity index (χ3v) is 6.72. The largest absolute Gasteiger partial charge is 0.486 e. The first kappa shape index (κ1) is 20.3. The van der Waals surface area contributed by atoms with Crippen molar-refractivity contribution in [3.05, 3.63) is 88.2 Å². The van der Waals surface area contributed by atoms with Crippen LogP contribution in [0, 0.1) is 30.0 Å². The van der Waals surface area contributed by atoms with Gasteiger partial charge in [-0.05, 0) is 84.2 Å². The summed E-state index contributed by atoms with van der Waals surface area (Å²) in [7, 11) is 0. The normalized spacial score (nSPS) is 21.0. The molecule has 5 heteroatoms. The highest BCUT2D eigenvalue weighted by Crippen LogP contribution is 2.48. The van der Waals surface area contributed by atoms with E-state index in [1.165, 1.54) is 6.07 Å². The molecule has 0 saturated heterocycles. The number of nitriles is 1. The second-order valence-electron chi connectivity index (χ2n) is 8.58. The van der Waals surface area contributed by atoms with E-state index in [2.05, 4.69) is 6.07 Å². The Kier molecular flexibility index (Phi) is 4.94. The number of carbonyl (C=O) groups is 1. The number of fused-ring (bicyclic) bond motifs is 1. The van der Waals surface area contributed by atoms with Gasteiger partial charge in [0, 0.05) is 5.56 Å². The van der Waals surface area contributed by atoms with E-state index in [9.17, 15) is 14.4 Å². The third kappa shape index (κ3) is 3.42. The van der Waals surface area contributed by atoms with E-state index in [0.717, 1.165) is 27.8 Å². The number of rotatable bonds is 5. The number of benzene rings is 3. The number of carboxylic acid groups (broad SMARTS) is 1. The van der Waals surface area contributed by atoms with Crippen molar-refractivity contribution in [2.75, 3.05) is 0 Å². The van der Waals surface area contributed by atoms with E-state index in [1.54, 1.807) is 12.1 Å². The molecule has 160 valence electrons. The highest BCUT2D eigenvalue weighted by atomic mass is 19.1. The molecule has 3 aromatic carbocycles. The summed E-state index contributed by atoms with van der Waals surface area (Å²) in [5, 5.41) is 18.5. The minimum Gasteiger partial charge on any atom is -0.486 e. The van der Waals surface area contributed by atoms with Crippen LogP contribution >= 0.6 is 0 Å². The molecule has 0 bridgehead atoms. The standard InChI is InChI=1S/C27H22FNO3/c1-15-17(14-29)3-2-4-19(15)20-9-11-24(28)26-21(20)10-12-25(26)32-18-7-5-16(6-8-18)22-13-23(22)27(30)31/h2-9,11,22-23,25H,10,12-13H2,1H3,(H,30,31)/t22-,23+,25?/m1/s1. The fourth-order valence-corrected chi connectivity index (χ4v) is 4.89. The molecule has 0 radical (unpaired) electrons. The molecular weight excluding hydrogens is 405 g/mol. The average Bonchev–Trinajstić information content (AvgIpc) is 3.49. The Labute approximate surface area is 185 Å². The number of hydrogen-bond acceptors (Lipinski definition) is 3. The number of ether oxygens (including phenoxy) is 1. The second-order valence-corrected chi connectivity index (χ2v) is 8.58. The maximum absolute atomic E-state index is 14.9. The summed E-state index contributed by atoms with van der Waals surface area (Å²) < 4.78 is 21.1. The molecule has 1 saturated carbocycles. The van der Waals surface area contributed by atoms with Crippen molar-refractivity contribution in [1.29, 1.82) is 5.26 Å². The van der Waals surface area contributed by atoms with Gasteiger partial charge in [0.1, 0.15) is 17.7 Å². The number of nitrogens with zero attached hydrogens (tertiary/aromatic N) is 1. The van der Waals surface area contributed by atoms with Crippen LogP contribution in [0.2, 0.25) is 0 Å². The lowest BCUT2D eigenvalue weighted by molar-refractivity contribution is -0.138. The highest BCUT2D eigenvalue weighted by Gasteiger charge is 2.44. The lowest BCUT2D eigenvalue weighted by Gasteiger charge is -2.17. The summed E-state index contributed by atoms with van der Waals surface area (Å²) in [4.78, 5) is 11.1. The van der Waals surface area contributed by atoms with Crippen LogP contribution in [0.4, 0.5) is 4.39 Å². The molecule has 32 heavy (non-hydrogen) atoms. The van der Waals surface area contributed by atoms with Crippen molar-refractivity contribution in [3.8, 4) is 22.9 Å². The molecule has 2 aliphatic rings. The molecule has 3 aromatic rings. The van der Waals surface area contributed by atoms with E-state index >= 15 is 0 Å². The van der Waals surface area contributed by atoms with Crippen molar-refractivity contribution >= 4 is 5.97 Å². The summed E-state index contributed by atoms with van der Waals surface area (Å²) >= 11 is 0. The minimum atomic E-state index is -0.750. The third-order valence-electron chi connectivity index (χ3n) is 6.72. The fourth-order valence-electron chi connectivity index (χ4n) is 4.89. The summed E-state index contributed by atoms with van der Waals surface area (Å²) in [5.41, 5.74) is 5.93. The average molecular weight is 427 g/mol. The van der Waals surface area contributed by atoms with Crippen LogP contribution in [0.3, 0.4) is 0 Å². The van der Waals surface area contributed by atoms with Gasteiger partial charge in [-0.25, -0.2) is 4.39 Å². The van der Waals surface area contributed by atoms with Crippen LogP contribution in [0.25, 0.3) is 11.1 Å². The molecule has 0 amide bonds. The van der Waals surface area contributed by atoms with Gasteiger partial charge in [0.2, 0.25) is 0 Å². The van der Waals surface area contributed by atoms with Crippen LogP contribution in [0.1, 0.15) is 52.7 Å². The molecular formula is C27H22FNO3. The Morgan fingerprint density at radius 2 is 1.91 bits per heavy atom. The molecule has 4 nitrogen and oxygen atoms in total. The number of halogens is 1. The van der Waals surface area contributed by atoms with Crippen LogP contribution in [0.15, 0.2) is 54.6 Å². The van der Waals surface area contributed by atoms with Gasteiger partial charge in [-0.3, -0.25) is 4.79 Å². The molecule has 1 N–H and O–H groups in total. The van der Waals surface area contributed by atoms with E-state index in [0.29, 0.717) is 36.1 Å². The van der Waals surface area contributed by atoms with Crippen molar-refractivity contribution in [2.24, 2.45) is 5.92 Å². The number of aliphatic carboxylic acids is 1. The summed E-state index contributed by atoms with van der Waals surface area (Å²) in [6, 6.07) is 18.6. The zero-order valence-corrected chi connectivity index (χ0v) is 17.6. The Morgan fingerprint density at radius 3 is 2.59 bits per heavy atom. The monoisotopic (exact) mass is 427 g/mol. The zero-order chi connectivity index (χ0) is 22.4. The van der Waals surface area contributed by atoms with E-state index in [-0.39, 0.29) is 23.8 Å². The van der Waals surface area contributed by atoms with Gasteiger partial charge in [0.05, 0.1) is 17.6 Å². The van der Waals surface area contributed by atoms with Gasteiger partial charge < -0.3 is 9.84 Å². The molecule has 0 aromatic heterocycles. The van der Waals surface area contributed by atoms with Crippen molar-refractivity contribution in [1.82, 2.24) is 0 Å². The molecule has 0 aliphatic heterocycles. The van der Waals surface area contributed by atoms with E-state index in [4.69, 9.17) is 9.84 Å². The highest BCUT2D eigenvalue weighted by molar-refractivity contribution is 5.75. The molecule has 1 fully saturated rings. The second kappa shape index (κ2) is 7.80. The van der Waals surface area contributed by atoms with Gasteiger partial charge in [0.15, 0.2) is 0 Å². The van der Waals surface area contributed by atoms with Gasteiger partial charge in [0.25, 0.3) is 0 Å². The molecule has 3 atom stereocenters. The summed E-state index contributed by atoms with van der Waals surface area (Å²) in [5.74, 6) is -0.606. The van der Waals surface area contributed by atoms with Crippen LogP contribution < -0.4 is 4.74 Å². The molecule has 2 aliphatic carbocycles. The van der Waals surface area contributed by atoms with Crippen LogP contribution in [0.5, 0.6) is 5.75 Å². The predicted molar refractivity (Wildman–Crippen MR) is 118 cm³/mol. The lowest BCUT2D eigenvalue weighted by Crippen LogP contribution is -2.06. The quantitative estimate of drug-likeness (QED) is 0.548. The van der Waals surface area contributed by atoms with Gasteiger partial charge >= 0.3 is 5.97 Å². The van der Waals surface area contributed by atoms with E-state index in [1.807, 2.05) is 43.3 Å². The zero-order valence-electron chi connectivity index (χ0n) is 17.6. The van der Waals surface area contributed by atoms with Gasteiger partial charge in [-0.15, -0.1) is 0 Å². The Bertz CT molecular complexity index is 1260. The maximum Gasteiger partial charge on any atom is 0.307 e. The number of carboxylic acids is 1. The smallest absolute Gasteiger partial charge is 0.307 e. The minimum absolute atomic E-state index is 0.0705.